The summed E-state index contributed by atoms with van der Waals surface area (Å²) >= 11 is 0. The van der Waals surface area contributed by atoms with Crippen LogP contribution in [-0.2, 0) is 19.6 Å². The predicted molar refractivity (Wildman–Crippen MR) is 106 cm³/mol. The third kappa shape index (κ3) is 5.11. The average molecular weight is 411 g/mol. The van der Waals surface area contributed by atoms with E-state index in [0.29, 0.717) is 11.8 Å². The minimum atomic E-state index is -3.56. The molecule has 2 rings (SSSR count). The summed E-state index contributed by atoms with van der Waals surface area (Å²) in [6, 6.07) is 5.55. The molecule has 28 heavy (non-hydrogen) atoms. The zero-order chi connectivity index (χ0) is 21.1. The fourth-order valence-corrected chi connectivity index (χ4v) is 4.24. The highest BCUT2D eigenvalue weighted by Crippen LogP contribution is 2.29. The molecule has 1 amide bonds. The monoisotopic (exact) mass is 410 g/mol. The van der Waals surface area contributed by atoms with Gasteiger partial charge >= 0.3 is 5.97 Å². The Morgan fingerprint density at radius 2 is 1.75 bits per heavy atom. The van der Waals surface area contributed by atoms with Crippen LogP contribution in [0.4, 0.5) is 0 Å². The molecular weight excluding hydrogens is 380 g/mol. The van der Waals surface area contributed by atoms with E-state index in [4.69, 9.17) is 4.74 Å². The zero-order valence-electron chi connectivity index (χ0n) is 17.1. The highest BCUT2D eigenvalue weighted by molar-refractivity contribution is 7.89. The second-order valence-corrected chi connectivity index (χ2v) is 9.89. The van der Waals surface area contributed by atoms with Gasteiger partial charge in [-0.2, -0.15) is 0 Å². The number of benzene rings is 1. The van der Waals surface area contributed by atoms with E-state index in [1.807, 2.05) is 0 Å². The van der Waals surface area contributed by atoms with Crippen molar-refractivity contribution >= 4 is 21.9 Å². The molecular formula is C20H30N2O5S. The molecule has 1 aliphatic rings. The molecule has 0 bridgehead atoms. The molecule has 0 heterocycles. The number of hydrogen-bond acceptors (Lipinski definition) is 5. The van der Waals surface area contributed by atoms with Crippen molar-refractivity contribution in [2.45, 2.75) is 57.1 Å². The SMILES string of the molecule is C[C@@H]1[C@H](C)CCC[C@H]1NC(=O)[C@@H](C)OC(=O)c1ccc(S(=O)(=O)N(C)C)cc1. The number of carbonyl (C=O) groups excluding carboxylic acids is 2. The Bertz CT molecular complexity index is 804. The molecule has 0 spiro atoms. The average Bonchev–Trinajstić information content (AvgIpc) is 2.65. The molecule has 7 nitrogen and oxygen atoms in total. The van der Waals surface area contributed by atoms with Crippen molar-refractivity contribution in [3.63, 3.8) is 0 Å². The number of amides is 1. The first-order valence-corrected chi connectivity index (χ1v) is 11.0. The van der Waals surface area contributed by atoms with Gasteiger partial charge in [-0.15, -0.1) is 0 Å². The van der Waals surface area contributed by atoms with Crippen LogP contribution in [0.1, 0.15) is 50.4 Å². The Kier molecular flexibility index (Phi) is 7.22. The lowest BCUT2D eigenvalue weighted by Crippen LogP contribution is -2.47. The van der Waals surface area contributed by atoms with Crippen LogP contribution >= 0.6 is 0 Å². The van der Waals surface area contributed by atoms with Crippen LogP contribution in [0, 0.1) is 11.8 Å². The van der Waals surface area contributed by atoms with Crippen LogP contribution in [0.15, 0.2) is 29.2 Å². The van der Waals surface area contributed by atoms with E-state index in [1.54, 1.807) is 0 Å². The van der Waals surface area contributed by atoms with E-state index in [9.17, 15) is 18.0 Å². The summed E-state index contributed by atoms with van der Waals surface area (Å²) in [5.41, 5.74) is 0.192. The van der Waals surface area contributed by atoms with Gasteiger partial charge in [0.2, 0.25) is 10.0 Å². The van der Waals surface area contributed by atoms with Gasteiger partial charge in [-0.1, -0.05) is 26.7 Å². The van der Waals surface area contributed by atoms with Gasteiger partial charge in [-0.3, -0.25) is 4.79 Å². The third-order valence-corrected chi connectivity index (χ3v) is 7.39. The molecule has 1 aliphatic carbocycles. The summed E-state index contributed by atoms with van der Waals surface area (Å²) in [7, 11) is -0.693. The van der Waals surface area contributed by atoms with Crippen molar-refractivity contribution in [2.24, 2.45) is 11.8 Å². The molecule has 1 saturated carbocycles. The van der Waals surface area contributed by atoms with E-state index in [0.717, 1.165) is 23.6 Å². The summed E-state index contributed by atoms with van der Waals surface area (Å²) < 4.78 is 30.5. The van der Waals surface area contributed by atoms with E-state index >= 15 is 0 Å². The molecule has 0 saturated heterocycles. The largest absolute Gasteiger partial charge is 0.449 e. The minimum Gasteiger partial charge on any atom is -0.449 e. The molecule has 4 atom stereocenters. The molecule has 1 aromatic rings. The molecule has 0 aromatic heterocycles. The molecule has 0 radical (unpaired) electrons. The molecule has 156 valence electrons. The molecule has 0 unspecified atom stereocenters. The van der Waals surface area contributed by atoms with Crippen LogP contribution < -0.4 is 5.32 Å². The number of nitrogens with zero attached hydrogens (tertiary/aromatic N) is 1. The van der Waals surface area contributed by atoms with Crippen molar-refractivity contribution in [3.05, 3.63) is 29.8 Å². The molecule has 1 N–H and O–H groups in total. The van der Waals surface area contributed by atoms with Gasteiger partial charge in [0.15, 0.2) is 6.10 Å². The maximum atomic E-state index is 12.4. The van der Waals surface area contributed by atoms with E-state index < -0.39 is 22.1 Å². The second kappa shape index (κ2) is 9.05. The fraction of sp³-hybridized carbons (Fsp3) is 0.600. The van der Waals surface area contributed by atoms with Gasteiger partial charge in [-0.05, 0) is 49.4 Å². The maximum Gasteiger partial charge on any atom is 0.338 e. The number of hydrogen-bond donors (Lipinski definition) is 1. The molecule has 0 aliphatic heterocycles. The van der Waals surface area contributed by atoms with Crippen molar-refractivity contribution in [1.29, 1.82) is 0 Å². The molecule has 8 heteroatoms. The Balaban J connectivity index is 1.97. The first-order chi connectivity index (χ1) is 13.0. The maximum absolute atomic E-state index is 12.4. The van der Waals surface area contributed by atoms with Crippen LogP contribution in [0.2, 0.25) is 0 Å². The van der Waals surface area contributed by atoms with Crippen LogP contribution in [-0.4, -0.2) is 50.8 Å². The Morgan fingerprint density at radius 3 is 2.32 bits per heavy atom. The van der Waals surface area contributed by atoms with Crippen LogP contribution in [0.3, 0.4) is 0 Å². The van der Waals surface area contributed by atoms with E-state index in [1.165, 1.54) is 45.3 Å². The van der Waals surface area contributed by atoms with Crippen molar-refractivity contribution in [3.8, 4) is 0 Å². The van der Waals surface area contributed by atoms with Crippen LogP contribution in [0.25, 0.3) is 0 Å². The van der Waals surface area contributed by atoms with Gasteiger partial charge in [0.1, 0.15) is 0 Å². The Morgan fingerprint density at radius 1 is 1.14 bits per heavy atom. The molecule has 1 aromatic carbocycles. The highest BCUT2D eigenvalue weighted by Gasteiger charge is 2.30. The fourth-order valence-electron chi connectivity index (χ4n) is 3.34. The lowest BCUT2D eigenvalue weighted by Gasteiger charge is -2.35. The van der Waals surface area contributed by atoms with Crippen molar-refractivity contribution < 1.29 is 22.7 Å². The van der Waals surface area contributed by atoms with Crippen LogP contribution in [0.5, 0.6) is 0 Å². The summed E-state index contributed by atoms with van der Waals surface area (Å²) in [4.78, 5) is 24.8. The van der Waals surface area contributed by atoms with Gasteiger partial charge in [0, 0.05) is 20.1 Å². The number of esters is 1. The van der Waals surface area contributed by atoms with Gasteiger partial charge < -0.3 is 10.1 Å². The number of rotatable bonds is 6. The quantitative estimate of drug-likeness (QED) is 0.727. The third-order valence-electron chi connectivity index (χ3n) is 5.56. The number of ether oxygens (including phenoxy) is 1. The smallest absolute Gasteiger partial charge is 0.338 e. The van der Waals surface area contributed by atoms with Crippen molar-refractivity contribution in [2.75, 3.05) is 14.1 Å². The topological polar surface area (TPSA) is 92.8 Å². The van der Waals surface area contributed by atoms with E-state index in [2.05, 4.69) is 19.2 Å². The summed E-state index contributed by atoms with van der Waals surface area (Å²) in [5, 5.41) is 3.00. The van der Waals surface area contributed by atoms with Gasteiger partial charge in [0.25, 0.3) is 5.91 Å². The summed E-state index contributed by atoms with van der Waals surface area (Å²) in [6.45, 7) is 5.86. The predicted octanol–water partition coefficient (Wildman–Crippen LogP) is 2.42. The number of carbonyl (C=O) groups is 2. The standard InChI is InChI=1S/C20H30N2O5S/c1-13-7-6-8-18(14(13)2)21-19(23)15(3)27-20(24)16-9-11-17(12-10-16)28(25,26)22(4)5/h9-15,18H,6-8H2,1-5H3,(H,21,23)/t13-,14-,15-,18-/m1/s1. The first kappa shape index (κ1) is 22.4. The zero-order valence-corrected chi connectivity index (χ0v) is 18.0. The summed E-state index contributed by atoms with van der Waals surface area (Å²) in [6.07, 6.45) is 2.24. The molecule has 1 fully saturated rings. The van der Waals surface area contributed by atoms with Gasteiger partial charge in [-0.25, -0.2) is 17.5 Å². The van der Waals surface area contributed by atoms with E-state index in [-0.39, 0.29) is 22.4 Å². The summed E-state index contributed by atoms with van der Waals surface area (Å²) in [5.74, 6) is -0.0479. The number of sulfonamides is 1. The van der Waals surface area contributed by atoms with Gasteiger partial charge in [0.05, 0.1) is 10.5 Å². The Hall–Kier alpha value is -1.93. The normalized spacial score (nSPS) is 23.9. The van der Waals surface area contributed by atoms with Crippen molar-refractivity contribution in [1.82, 2.24) is 9.62 Å². The Labute approximate surface area is 167 Å². The second-order valence-electron chi connectivity index (χ2n) is 7.74. The number of nitrogens with one attached hydrogen (secondary N) is 1. The minimum absolute atomic E-state index is 0.0836. The highest BCUT2D eigenvalue weighted by atomic mass is 32.2. The lowest BCUT2D eigenvalue weighted by atomic mass is 9.78. The first-order valence-electron chi connectivity index (χ1n) is 9.58. The lowest BCUT2D eigenvalue weighted by molar-refractivity contribution is -0.130.